The van der Waals surface area contributed by atoms with Gasteiger partial charge in [0.05, 0.1) is 5.92 Å². The van der Waals surface area contributed by atoms with E-state index >= 15 is 0 Å². The molecule has 0 spiro atoms. The van der Waals surface area contributed by atoms with E-state index in [0.29, 0.717) is 0 Å². The van der Waals surface area contributed by atoms with Crippen molar-refractivity contribution < 1.29 is 9.53 Å². The molecule has 2 saturated carbocycles. The fraction of sp³-hybridized carbons (Fsp3) is 0.667. The van der Waals surface area contributed by atoms with E-state index in [1.807, 2.05) is 0 Å². The molecule has 0 heterocycles. The monoisotopic (exact) mass is 191 g/mol. The molecule has 3 aliphatic carbocycles. The van der Waals surface area contributed by atoms with Crippen LogP contribution in [0.1, 0.15) is 19.3 Å². The third kappa shape index (κ3) is 0.999. The Morgan fingerprint density at radius 2 is 1.71 bits per heavy atom. The molecule has 0 aromatic carbocycles. The van der Waals surface area contributed by atoms with Gasteiger partial charge in [0.25, 0.3) is 0 Å². The molecule has 0 saturated heterocycles. The summed E-state index contributed by atoms with van der Waals surface area (Å²) in [5, 5.41) is 0. The summed E-state index contributed by atoms with van der Waals surface area (Å²) in [7, 11) is 3.21. The van der Waals surface area contributed by atoms with Crippen LogP contribution in [-0.4, -0.2) is 5.97 Å². The summed E-state index contributed by atoms with van der Waals surface area (Å²) in [5.74, 6) is 3.06. The van der Waals surface area contributed by atoms with Crippen molar-refractivity contribution in [2.75, 3.05) is 0 Å². The molecule has 3 aliphatic rings. The van der Waals surface area contributed by atoms with Crippen LogP contribution < -0.4 is 0 Å². The lowest BCUT2D eigenvalue weighted by Gasteiger charge is -2.18. The third-order valence-corrected chi connectivity index (χ3v) is 4.39. The maximum atomic E-state index is 11.4. The minimum atomic E-state index is -0.0983. The highest BCUT2D eigenvalue weighted by molar-refractivity contribution is 5.73. The molecular formula is C12H15O2. The molecule has 14 heavy (non-hydrogen) atoms. The zero-order valence-corrected chi connectivity index (χ0v) is 8.19. The summed E-state index contributed by atoms with van der Waals surface area (Å²) in [6.07, 6.45) is 8.10. The van der Waals surface area contributed by atoms with E-state index in [1.54, 1.807) is 0 Å². The molecule has 2 fully saturated rings. The first-order valence-corrected chi connectivity index (χ1v) is 5.44. The number of carbonyl (C=O) groups excluding carboxylic acids is 1. The first kappa shape index (κ1) is 8.51. The van der Waals surface area contributed by atoms with Crippen LogP contribution in [-0.2, 0) is 9.53 Å². The van der Waals surface area contributed by atoms with Crippen molar-refractivity contribution in [2.45, 2.75) is 19.3 Å². The smallest absolute Gasteiger partial charge is 0.309 e. The van der Waals surface area contributed by atoms with E-state index < -0.39 is 0 Å². The molecule has 3 rings (SSSR count). The molecule has 0 amide bonds. The van der Waals surface area contributed by atoms with Gasteiger partial charge in [0.15, 0.2) is 0 Å². The van der Waals surface area contributed by atoms with E-state index in [1.165, 1.54) is 6.42 Å². The Morgan fingerprint density at radius 3 is 2.21 bits per heavy atom. The van der Waals surface area contributed by atoms with Gasteiger partial charge in [-0.25, -0.2) is 0 Å². The van der Waals surface area contributed by atoms with Gasteiger partial charge < -0.3 is 4.74 Å². The number of rotatable bonds is 1. The molecule has 0 aromatic heterocycles. The summed E-state index contributed by atoms with van der Waals surface area (Å²) in [6, 6.07) is 0. The van der Waals surface area contributed by atoms with Crippen molar-refractivity contribution in [2.24, 2.45) is 29.6 Å². The second-order valence-electron chi connectivity index (χ2n) is 4.91. The van der Waals surface area contributed by atoms with Crippen LogP contribution in [0.5, 0.6) is 0 Å². The van der Waals surface area contributed by atoms with Crippen LogP contribution in [0.3, 0.4) is 0 Å². The van der Waals surface area contributed by atoms with Crippen LogP contribution in [0.15, 0.2) is 12.2 Å². The lowest BCUT2D eigenvalue weighted by Crippen LogP contribution is -2.13. The van der Waals surface area contributed by atoms with Crippen molar-refractivity contribution in [1.29, 1.82) is 0 Å². The van der Waals surface area contributed by atoms with Gasteiger partial charge in [0.1, 0.15) is 7.11 Å². The first-order chi connectivity index (χ1) is 6.79. The Labute approximate surface area is 84.3 Å². The van der Waals surface area contributed by atoms with Crippen LogP contribution in [0, 0.1) is 36.7 Å². The van der Waals surface area contributed by atoms with Crippen molar-refractivity contribution in [3.05, 3.63) is 19.3 Å². The Morgan fingerprint density at radius 1 is 1.14 bits per heavy atom. The lowest BCUT2D eigenvalue weighted by molar-refractivity contribution is -0.143. The number of esters is 1. The average Bonchev–Trinajstić information content (AvgIpc) is 2.87. The molecule has 2 nitrogen and oxygen atoms in total. The molecule has 4 unspecified atom stereocenters. The highest BCUT2D eigenvalue weighted by Gasteiger charge is 2.51. The second-order valence-corrected chi connectivity index (χ2v) is 4.91. The minimum Gasteiger partial charge on any atom is -0.462 e. The van der Waals surface area contributed by atoms with Gasteiger partial charge in [-0.1, -0.05) is 12.2 Å². The van der Waals surface area contributed by atoms with Gasteiger partial charge in [0.2, 0.25) is 0 Å². The summed E-state index contributed by atoms with van der Waals surface area (Å²) >= 11 is 0. The van der Waals surface area contributed by atoms with Crippen LogP contribution in [0.25, 0.3) is 0 Å². The topological polar surface area (TPSA) is 26.3 Å². The zero-order chi connectivity index (χ0) is 9.71. The van der Waals surface area contributed by atoms with Gasteiger partial charge in [-0.3, -0.25) is 4.79 Å². The SMILES string of the molecule is [CH2]OC(=O)C1CC2C3C=CC(C3)C2C1. The standard InChI is InChI=1S/C12H15O2/c1-14-12(13)9-5-10-7-2-3-8(4-7)11(10)6-9/h2-3,7-11H,1,4-6H2. The molecule has 1 radical (unpaired) electrons. The molecule has 4 atom stereocenters. The van der Waals surface area contributed by atoms with Crippen molar-refractivity contribution in [1.82, 2.24) is 0 Å². The third-order valence-electron chi connectivity index (χ3n) is 4.39. The summed E-state index contributed by atoms with van der Waals surface area (Å²) in [4.78, 5) is 11.4. The Balaban J connectivity index is 1.76. The van der Waals surface area contributed by atoms with E-state index in [0.717, 1.165) is 36.5 Å². The number of allylic oxidation sites excluding steroid dienone is 2. The van der Waals surface area contributed by atoms with Gasteiger partial charge in [-0.05, 0) is 42.9 Å². The van der Waals surface area contributed by atoms with Crippen LogP contribution >= 0.6 is 0 Å². The average molecular weight is 191 g/mol. The number of ether oxygens (including phenoxy) is 1. The fourth-order valence-corrected chi connectivity index (χ4v) is 3.79. The van der Waals surface area contributed by atoms with Crippen LogP contribution in [0.2, 0.25) is 0 Å². The maximum absolute atomic E-state index is 11.4. The van der Waals surface area contributed by atoms with E-state index in [4.69, 9.17) is 0 Å². The largest absolute Gasteiger partial charge is 0.462 e. The molecule has 0 aliphatic heterocycles. The number of carbonyl (C=O) groups is 1. The fourth-order valence-electron chi connectivity index (χ4n) is 3.79. The zero-order valence-electron chi connectivity index (χ0n) is 8.19. The van der Waals surface area contributed by atoms with Gasteiger partial charge in [0, 0.05) is 0 Å². The molecule has 0 N–H and O–H groups in total. The van der Waals surface area contributed by atoms with E-state index in [-0.39, 0.29) is 11.9 Å². The highest BCUT2D eigenvalue weighted by atomic mass is 16.5. The molecule has 2 bridgehead atoms. The number of fused-ring (bicyclic) bond motifs is 5. The van der Waals surface area contributed by atoms with Crippen molar-refractivity contribution in [3.8, 4) is 0 Å². The second kappa shape index (κ2) is 2.85. The normalized spacial score (nSPS) is 48.2. The Bertz CT molecular complexity index is 275. The minimum absolute atomic E-state index is 0.0983. The van der Waals surface area contributed by atoms with Gasteiger partial charge in [-0.2, -0.15) is 0 Å². The lowest BCUT2D eigenvalue weighted by atomic mass is 9.86. The predicted molar refractivity (Wildman–Crippen MR) is 51.9 cm³/mol. The molecule has 0 aromatic rings. The summed E-state index contributed by atoms with van der Waals surface area (Å²) in [6.45, 7) is 0. The van der Waals surface area contributed by atoms with Crippen LogP contribution in [0.4, 0.5) is 0 Å². The van der Waals surface area contributed by atoms with Crippen molar-refractivity contribution in [3.63, 3.8) is 0 Å². The van der Waals surface area contributed by atoms with Crippen molar-refractivity contribution >= 4 is 5.97 Å². The number of hydrogen-bond acceptors (Lipinski definition) is 2. The van der Waals surface area contributed by atoms with E-state index in [2.05, 4.69) is 24.0 Å². The predicted octanol–water partition coefficient (Wildman–Crippen LogP) is 2.17. The van der Waals surface area contributed by atoms with Gasteiger partial charge >= 0.3 is 5.97 Å². The molecular weight excluding hydrogens is 176 g/mol. The molecule has 2 heteroatoms. The van der Waals surface area contributed by atoms with E-state index in [9.17, 15) is 4.79 Å². The summed E-state index contributed by atoms with van der Waals surface area (Å²) in [5.41, 5.74) is 0. The van der Waals surface area contributed by atoms with Gasteiger partial charge in [-0.15, -0.1) is 0 Å². The number of hydrogen-bond donors (Lipinski definition) is 0. The summed E-state index contributed by atoms with van der Waals surface area (Å²) < 4.78 is 4.58. The maximum Gasteiger partial charge on any atom is 0.309 e. The first-order valence-electron chi connectivity index (χ1n) is 5.44. The Hall–Kier alpha value is -0.790. The highest BCUT2D eigenvalue weighted by Crippen LogP contribution is 2.57. The molecule has 75 valence electrons. The quantitative estimate of drug-likeness (QED) is 0.469. The Kier molecular flexibility index (Phi) is 1.73.